The molecule has 0 aliphatic carbocycles. The smallest absolute Gasteiger partial charge is 0.321 e. The molecule has 4 aromatic carbocycles. The van der Waals surface area contributed by atoms with Crippen LogP contribution in [0.15, 0.2) is 219 Å². The Balaban J connectivity index is 0.000000124. The highest BCUT2D eigenvalue weighted by atomic mass is 16.7. The number of carbonyl (C=O) groups is 4. The van der Waals surface area contributed by atoms with Crippen LogP contribution in [0.1, 0.15) is 38.8 Å². The summed E-state index contributed by atoms with van der Waals surface area (Å²) in [6.45, 7) is 12.0. The largest absolute Gasteiger partial charge is 0.473 e. The molecule has 0 atom stereocenters. The lowest BCUT2D eigenvalue weighted by atomic mass is 10.1. The van der Waals surface area contributed by atoms with Gasteiger partial charge < -0.3 is 60.0 Å². The van der Waals surface area contributed by atoms with Crippen LogP contribution in [0.3, 0.4) is 0 Å². The summed E-state index contributed by atoms with van der Waals surface area (Å²) >= 11 is 0. The van der Waals surface area contributed by atoms with Crippen molar-refractivity contribution in [2.75, 3.05) is 54.2 Å². The van der Waals surface area contributed by atoms with Crippen LogP contribution in [-0.2, 0) is 13.7 Å². The van der Waals surface area contributed by atoms with E-state index in [1.807, 2.05) is 181 Å². The number of imidazole rings is 4. The first kappa shape index (κ1) is 77.0. The number of hydrogen-bond acceptors (Lipinski definition) is 20. The number of fused-ring (bicyclic) bond motifs is 5. The first-order valence-electron chi connectivity index (χ1n) is 37.3. The van der Waals surface area contributed by atoms with Gasteiger partial charge in [-0.1, -0.05) is 12.1 Å². The molecule has 8 amide bonds. The van der Waals surface area contributed by atoms with Crippen molar-refractivity contribution >= 4 is 92.1 Å². The average molecular weight is 1580 g/mol. The van der Waals surface area contributed by atoms with Gasteiger partial charge in [-0.25, -0.2) is 67.8 Å². The molecular weight excluding hydrogens is 1510 g/mol. The van der Waals surface area contributed by atoms with Crippen LogP contribution in [-0.4, -0.2) is 161 Å². The van der Waals surface area contributed by atoms with Crippen molar-refractivity contribution in [2.45, 2.75) is 41.2 Å². The number of H-pyrrole nitrogens is 4. The first-order chi connectivity index (χ1) is 57.6. The Labute approximate surface area is 670 Å². The number of aromatic amines is 4. The Morgan fingerprint density at radius 3 is 1.29 bits per heavy atom. The molecule has 0 unspecified atom stereocenters. The normalized spacial score (nSPS) is 11.2. The number of anilines is 4. The van der Waals surface area contributed by atoms with Gasteiger partial charge in [-0.05, 0) is 165 Å². The van der Waals surface area contributed by atoms with Gasteiger partial charge in [0, 0.05) is 154 Å². The molecule has 1 aliphatic heterocycles. The lowest BCUT2D eigenvalue weighted by Crippen LogP contribution is -2.28. The van der Waals surface area contributed by atoms with Crippen LogP contribution >= 0.6 is 0 Å². The van der Waals surface area contributed by atoms with E-state index >= 15 is 0 Å². The van der Waals surface area contributed by atoms with Gasteiger partial charge in [-0.3, -0.25) is 36.0 Å². The van der Waals surface area contributed by atoms with Gasteiger partial charge in [-0.2, -0.15) is 20.4 Å². The molecule has 0 saturated heterocycles. The van der Waals surface area contributed by atoms with E-state index in [9.17, 15) is 24.0 Å². The van der Waals surface area contributed by atoms with E-state index in [1.54, 1.807) is 93.8 Å². The Morgan fingerprint density at radius 1 is 0.432 bits per heavy atom. The summed E-state index contributed by atoms with van der Waals surface area (Å²) in [5, 5.41) is 39.0. The maximum absolute atomic E-state index is 12.0. The zero-order valence-corrected chi connectivity index (χ0v) is 64.3. The molecule has 37 heteroatoms. The van der Waals surface area contributed by atoms with Gasteiger partial charge in [0.05, 0.1) is 51.0 Å². The maximum atomic E-state index is 12.0. The quantitative estimate of drug-likeness (QED) is 0.0358. The molecule has 0 fully saturated rings. The van der Waals surface area contributed by atoms with Crippen LogP contribution in [0.25, 0.3) is 111 Å². The number of carbonyl (C=O) groups excluding carboxylic acids is 4. The molecule has 1 aliphatic rings. The standard InChI is InChI=1S/C24H22N8O2.C19H17N7O3.C19H19N7O2.C19H19N7O/c1-2-26-24(33)31-23-29-19-11-18(12-20(22(19)30-23)32-10-4-9-28-32)17-6-7-21(27-14-17)34-15-16-5-3-8-25-13-16;1-2-20-19(27)25-18-23-13-6-11(12-8-15-17(21-9-12)29-10-28-15)7-14(16(13)24-18)26-5-3-4-22-26;1-3-20-19(28)24-18-22-14-9-13(12-5-8-25(2)16(27)11-12)10-15(17(14)23-18)26-7-4-6-21-26;1-3-21-19(27)25-18-23-15-7-14(13-5-4-6-20-10-13)8-16(17(15)24-18)26-11-12(2)9-22-26/h3-14H,2,15H2,1H3,(H3,26,29,30,31,33);3-9H,2,10H2,1H3,(H3,20,23,24,25,27);4-11H,3H2,1-2H3,(H3,20,22,23,24,28);4-11H,3H2,1-2H3,(H3,21,23,24,25,27). The Kier molecular flexibility index (Phi) is 22.9. The third-order valence-electron chi connectivity index (χ3n) is 17.9. The van der Waals surface area contributed by atoms with Crippen LogP contribution < -0.4 is 62.3 Å². The summed E-state index contributed by atoms with van der Waals surface area (Å²) in [5.74, 6) is 3.02. The third kappa shape index (κ3) is 17.9. The number of nitrogens with one attached hydrogen (secondary N) is 12. The van der Waals surface area contributed by atoms with Crippen LogP contribution in [0.4, 0.5) is 43.0 Å². The van der Waals surface area contributed by atoms with Crippen molar-refractivity contribution in [3.63, 3.8) is 0 Å². The zero-order valence-electron chi connectivity index (χ0n) is 64.3. The van der Waals surface area contributed by atoms with E-state index < -0.39 is 0 Å². The highest BCUT2D eigenvalue weighted by Crippen LogP contribution is 2.38. The topological polar surface area (TPSA) is 452 Å². The summed E-state index contributed by atoms with van der Waals surface area (Å²) in [6.07, 6.45) is 26.6. The second-order valence-corrected chi connectivity index (χ2v) is 26.2. The third-order valence-corrected chi connectivity index (χ3v) is 17.9. The Morgan fingerprint density at radius 2 is 0.881 bits per heavy atom. The number of hydrogen-bond donors (Lipinski definition) is 12. The van der Waals surface area contributed by atoms with E-state index in [0.717, 1.165) is 106 Å². The number of amides is 8. The number of aryl methyl sites for hydroxylation is 2. The molecule has 0 radical (unpaired) electrons. The van der Waals surface area contributed by atoms with Gasteiger partial charge in [0.2, 0.25) is 36.5 Å². The SMILES string of the molecule is CCNC(=O)Nc1nc2c(-n3cc(C)cn3)cc(-c3cccnc3)cc2[nH]1.CCNC(=O)Nc1nc2c(-n3cccn3)cc(-c3ccc(OCc4cccnc4)nc3)cc2[nH]1.CCNC(=O)Nc1nc2c(-n3cccn3)cc(-c3ccn(C)c(=O)c3)cc2[nH]1.CCNC(=O)Nc1nc2c(-n3cccn3)cc(-c3cnc4c(c3)OCO4)cc2[nH]1. The van der Waals surface area contributed by atoms with Crippen molar-refractivity contribution in [3.8, 4) is 84.8 Å². The van der Waals surface area contributed by atoms with Crippen LogP contribution in [0.5, 0.6) is 17.5 Å². The lowest BCUT2D eigenvalue weighted by Gasteiger charge is -2.09. The van der Waals surface area contributed by atoms with Crippen molar-refractivity contribution in [1.82, 2.24) is 125 Å². The van der Waals surface area contributed by atoms with Gasteiger partial charge in [-0.15, -0.1) is 0 Å². The predicted octanol–water partition coefficient (Wildman–Crippen LogP) is 12.1. The summed E-state index contributed by atoms with van der Waals surface area (Å²) in [7, 11) is 1.71. The fourth-order valence-electron chi connectivity index (χ4n) is 12.5. The zero-order chi connectivity index (χ0) is 81.6. The van der Waals surface area contributed by atoms with E-state index in [-0.39, 0.29) is 36.5 Å². The number of ether oxygens (including phenoxy) is 3. The second-order valence-electron chi connectivity index (χ2n) is 26.2. The number of aromatic nitrogens is 21. The van der Waals surface area contributed by atoms with E-state index in [2.05, 4.69) is 123 Å². The maximum Gasteiger partial charge on any atom is 0.321 e. The van der Waals surface area contributed by atoms with Crippen LogP contribution in [0.2, 0.25) is 0 Å². The fourth-order valence-corrected chi connectivity index (χ4v) is 12.5. The van der Waals surface area contributed by atoms with E-state index in [1.165, 1.54) is 4.57 Å². The molecule has 0 spiro atoms. The van der Waals surface area contributed by atoms with Crippen molar-refractivity contribution < 1.29 is 33.4 Å². The van der Waals surface area contributed by atoms with Crippen LogP contribution in [0, 0.1) is 6.92 Å². The summed E-state index contributed by atoms with van der Waals surface area (Å²) in [5.41, 5.74) is 17.9. The Hall–Kier alpha value is -16.4. The van der Waals surface area contributed by atoms with Gasteiger partial charge in [0.25, 0.3) is 11.4 Å². The van der Waals surface area contributed by atoms with E-state index in [0.29, 0.717) is 90.6 Å². The van der Waals surface area contributed by atoms with Gasteiger partial charge in [0.1, 0.15) is 28.7 Å². The minimum absolute atomic E-state index is 0.0959. The highest BCUT2D eigenvalue weighted by Gasteiger charge is 2.22. The predicted molar refractivity (Wildman–Crippen MR) is 443 cm³/mol. The molecule has 17 aromatic rings. The Bertz CT molecular complexity index is 6450. The molecule has 0 bridgehead atoms. The average Bonchev–Trinajstić information content (AvgIpc) is 1.65. The number of nitrogens with zero attached hydrogens (tertiary/aromatic N) is 17. The monoisotopic (exact) mass is 1580 g/mol. The molecule has 0 saturated carbocycles. The minimum atomic E-state index is -0.339. The van der Waals surface area contributed by atoms with E-state index in [4.69, 9.17) is 14.2 Å². The van der Waals surface area contributed by atoms with Crippen molar-refractivity contribution in [1.29, 1.82) is 0 Å². The molecule has 12 N–H and O–H groups in total. The molecule has 13 aromatic heterocycles. The molecule has 18 rings (SSSR count). The summed E-state index contributed by atoms with van der Waals surface area (Å²) < 4.78 is 25.0. The molecule has 594 valence electrons. The van der Waals surface area contributed by atoms with Gasteiger partial charge >= 0.3 is 24.1 Å². The molecule has 14 heterocycles. The number of rotatable bonds is 19. The number of pyridine rings is 5. The van der Waals surface area contributed by atoms with Crippen molar-refractivity contribution in [3.05, 3.63) is 236 Å². The minimum Gasteiger partial charge on any atom is -0.473 e. The first-order valence-corrected chi connectivity index (χ1v) is 37.3. The molecule has 37 nitrogen and oxygen atoms in total. The number of urea groups is 4. The summed E-state index contributed by atoms with van der Waals surface area (Å²) in [4.78, 5) is 107. The molecular formula is C81H77N29O8. The lowest BCUT2D eigenvalue weighted by molar-refractivity contribution is 0.171. The van der Waals surface area contributed by atoms with Crippen molar-refractivity contribution in [2.24, 2.45) is 7.05 Å². The summed E-state index contributed by atoms with van der Waals surface area (Å²) in [6, 6.07) is 36.7. The van der Waals surface area contributed by atoms with Gasteiger partial charge in [0.15, 0.2) is 5.75 Å². The molecule has 118 heavy (non-hydrogen) atoms. The number of benzene rings is 4. The second kappa shape index (κ2) is 35.1. The highest BCUT2D eigenvalue weighted by molar-refractivity contribution is 5.98. The fraction of sp³-hybridized carbons (Fsp3) is 0.148.